The van der Waals surface area contributed by atoms with Crippen molar-refractivity contribution in [2.45, 2.75) is 149 Å². The first kappa shape index (κ1) is 31.8. The molecule has 0 amide bonds. The number of carbonyl (C=O) groups is 3. The maximum Gasteiger partial charge on any atom is 0.313 e. The van der Waals surface area contributed by atoms with E-state index in [9.17, 15) is 9.59 Å². The van der Waals surface area contributed by atoms with Gasteiger partial charge in [-0.05, 0) is 6.42 Å². The molecule has 0 rings (SSSR count). The van der Waals surface area contributed by atoms with E-state index in [1.807, 2.05) is 0 Å². The molecular weight excluding hydrogens is 392 g/mol. The Balaban J connectivity index is 0. The summed E-state index contributed by atoms with van der Waals surface area (Å²) < 4.78 is 4.51. The van der Waals surface area contributed by atoms with Crippen LogP contribution in [0.1, 0.15) is 149 Å². The van der Waals surface area contributed by atoms with Gasteiger partial charge in [0.2, 0.25) is 0 Å². The molecule has 0 radical (unpaired) electrons. The number of carbonyl (C=O) groups excluding carboxylic acids is 2. The van der Waals surface area contributed by atoms with E-state index in [0.29, 0.717) is 6.42 Å². The molecule has 1 N–H and O–H groups in total. The van der Waals surface area contributed by atoms with Crippen molar-refractivity contribution < 1.29 is 24.2 Å². The fourth-order valence-electron chi connectivity index (χ4n) is 3.56. The summed E-state index contributed by atoms with van der Waals surface area (Å²) in [7, 11) is 0. The van der Waals surface area contributed by atoms with Crippen molar-refractivity contribution in [3.63, 3.8) is 0 Å². The number of ether oxygens (including phenoxy) is 1. The third-order valence-corrected chi connectivity index (χ3v) is 5.24. The van der Waals surface area contributed by atoms with Crippen molar-refractivity contribution in [1.29, 1.82) is 0 Å². The van der Waals surface area contributed by atoms with E-state index in [1.165, 1.54) is 116 Å². The van der Waals surface area contributed by atoms with Crippen LogP contribution in [0.3, 0.4) is 0 Å². The Labute approximate surface area is 191 Å². The predicted octanol–water partition coefficient (Wildman–Crippen LogP) is 7.99. The van der Waals surface area contributed by atoms with E-state index in [0.717, 1.165) is 19.8 Å². The van der Waals surface area contributed by atoms with Crippen LogP contribution in [0.4, 0.5) is 0 Å². The number of unbranched alkanes of at least 4 members (excludes halogenated alkanes) is 18. The van der Waals surface area contributed by atoms with Crippen LogP contribution in [-0.2, 0) is 19.1 Å². The predicted molar refractivity (Wildman–Crippen MR) is 128 cm³/mol. The molecule has 0 aliphatic heterocycles. The monoisotopic (exact) mass is 442 g/mol. The summed E-state index contributed by atoms with van der Waals surface area (Å²) in [6.45, 7) is 4.64. The van der Waals surface area contributed by atoms with Crippen LogP contribution in [0.5, 0.6) is 0 Å². The van der Waals surface area contributed by atoms with Gasteiger partial charge in [-0.3, -0.25) is 14.4 Å². The van der Waals surface area contributed by atoms with Crippen molar-refractivity contribution >= 4 is 17.9 Å². The maximum absolute atomic E-state index is 11.2. The second-order valence-corrected chi connectivity index (χ2v) is 8.60. The van der Waals surface area contributed by atoms with Gasteiger partial charge in [0.05, 0.1) is 0 Å². The second-order valence-electron chi connectivity index (χ2n) is 8.60. The van der Waals surface area contributed by atoms with E-state index in [1.54, 1.807) is 0 Å². The molecule has 31 heavy (non-hydrogen) atoms. The van der Waals surface area contributed by atoms with Crippen LogP contribution in [0.25, 0.3) is 0 Å². The Kier molecular flexibility index (Phi) is 27.3. The van der Waals surface area contributed by atoms with Crippen LogP contribution in [-0.4, -0.2) is 23.0 Å². The Morgan fingerprint density at radius 2 is 0.806 bits per heavy atom. The van der Waals surface area contributed by atoms with Gasteiger partial charge in [-0.2, -0.15) is 0 Å². The number of carboxylic acids is 1. The van der Waals surface area contributed by atoms with E-state index >= 15 is 0 Å². The minimum atomic E-state index is -0.833. The average molecular weight is 443 g/mol. The molecule has 0 aromatic rings. The molecule has 0 unspecified atom stereocenters. The molecular formula is C26H50O5. The van der Waals surface area contributed by atoms with Crippen LogP contribution in [0, 0.1) is 0 Å². The highest BCUT2D eigenvalue weighted by molar-refractivity contribution is 5.83. The zero-order chi connectivity index (χ0) is 23.6. The Bertz CT molecular complexity index is 416. The highest BCUT2D eigenvalue weighted by Crippen LogP contribution is 2.14. The smallest absolute Gasteiger partial charge is 0.313 e. The SMILES string of the molecule is CC(=O)O.CCCCCCCCCCCCCCCCCCCCCC(=O)OC(C)=O. The van der Waals surface area contributed by atoms with Crippen LogP contribution in [0.2, 0.25) is 0 Å². The third-order valence-electron chi connectivity index (χ3n) is 5.24. The van der Waals surface area contributed by atoms with Crippen molar-refractivity contribution in [2.24, 2.45) is 0 Å². The molecule has 0 atom stereocenters. The lowest BCUT2D eigenvalue weighted by atomic mass is 10.0. The quantitative estimate of drug-likeness (QED) is 0.117. The standard InChI is InChI=1S/C24H46O3.C2H4O2/c1-3-4-5-6-7-8-9-10-11-12-13-14-15-16-17-18-19-20-21-22-24(26)27-23(2)25;1-2(3)4/h3-22H2,1-2H3;1H3,(H,3,4). The van der Waals surface area contributed by atoms with E-state index in [2.05, 4.69) is 11.7 Å². The van der Waals surface area contributed by atoms with Gasteiger partial charge in [-0.1, -0.05) is 122 Å². The first-order valence-electron chi connectivity index (χ1n) is 12.8. The van der Waals surface area contributed by atoms with E-state index in [-0.39, 0.29) is 5.97 Å². The van der Waals surface area contributed by atoms with E-state index in [4.69, 9.17) is 9.90 Å². The number of esters is 2. The minimum absolute atomic E-state index is 0.373. The Morgan fingerprint density at radius 3 is 1.06 bits per heavy atom. The van der Waals surface area contributed by atoms with Crippen LogP contribution >= 0.6 is 0 Å². The Hall–Kier alpha value is -1.39. The van der Waals surface area contributed by atoms with Gasteiger partial charge in [0.1, 0.15) is 0 Å². The molecule has 0 aromatic carbocycles. The van der Waals surface area contributed by atoms with Gasteiger partial charge in [-0.15, -0.1) is 0 Å². The molecule has 0 bridgehead atoms. The minimum Gasteiger partial charge on any atom is -0.481 e. The fraction of sp³-hybridized carbons (Fsp3) is 0.885. The highest BCUT2D eigenvalue weighted by atomic mass is 16.6. The van der Waals surface area contributed by atoms with Gasteiger partial charge < -0.3 is 9.84 Å². The molecule has 0 spiro atoms. The second kappa shape index (κ2) is 26.6. The molecule has 0 fully saturated rings. The number of rotatable bonds is 20. The van der Waals surface area contributed by atoms with Crippen LogP contribution < -0.4 is 0 Å². The first-order valence-corrected chi connectivity index (χ1v) is 12.8. The third kappa shape index (κ3) is 36.3. The van der Waals surface area contributed by atoms with Gasteiger partial charge in [0.15, 0.2) is 0 Å². The Morgan fingerprint density at radius 1 is 0.548 bits per heavy atom. The lowest BCUT2D eigenvalue weighted by Crippen LogP contribution is -2.08. The number of hydrogen-bond acceptors (Lipinski definition) is 4. The largest absolute Gasteiger partial charge is 0.481 e. The summed E-state index contributed by atoms with van der Waals surface area (Å²) in [6.07, 6.45) is 25.8. The normalized spacial score (nSPS) is 10.3. The molecule has 184 valence electrons. The topological polar surface area (TPSA) is 80.7 Å². The van der Waals surface area contributed by atoms with Gasteiger partial charge in [0.25, 0.3) is 5.97 Å². The van der Waals surface area contributed by atoms with Gasteiger partial charge >= 0.3 is 11.9 Å². The average Bonchev–Trinajstić information content (AvgIpc) is 2.68. The summed E-state index contributed by atoms with van der Waals surface area (Å²) in [6, 6.07) is 0. The number of hydrogen-bond donors (Lipinski definition) is 1. The molecule has 5 heteroatoms. The summed E-state index contributed by atoms with van der Waals surface area (Å²) >= 11 is 0. The molecule has 0 heterocycles. The van der Waals surface area contributed by atoms with E-state index < -0.39 is 11.9 Å². The molecule has 0 aromatic heterocycles. The van der Waals surface area contributed by atoms with Crippen molar-refractivity contribution in [1.82, 2.24) is 0 Å². The van der Waals surface area contributed by atoms with Crippen molar-refractivity contribution in [3.05, 3.63) is 0 Å². The first-order chi connectivity index (χ1) is 14.9. The zero-order valence-electron chi connectivity index (χ0n) is 20.7. The molecule has 0 aliphatic rings. The summed E-state index contributed by atoms with van der Waals surface area (Å²) in [5, 5.41) is 7.42. The van der Waals surface area contributed by atoms with Gasteiger partial charge in [0, 0.05) is 20.3 Å². The summed E-state index contributed by atoms with van der Waals surface area (Å²) in [5.41, 5.74) is 0. The molecule has 5 nitrogen and oxygen atoms in total. The number of carboxylic acid groups (broad SMARTS) is 1. The lowest BCUT2D eigenvalue weighted by molar-refractivity contribution is -0.158. The molecule has 0 saturated heterocycles. The fourth-order valence-corrected chi connectivity index (χ4v) is 3.56. The number of aliphatic carboxylic acids is 1. The maximum atomic E-state index is 11.2. The van der Waals surface area contributed by atoms with Crippen molar-refractivity contribution in [2.75, 3.05) is 0 Å². The summed E-state index contributed by atoms with van der Waals surface area (Å²) in [5.74, 6) is -1.72. The highest BCUT2D eigenvalue weighted by Gasteiger charge is 2.04. The van der Waals surface area contributed by atoms with Gasteiger partial charge in [-0.25, -0.2) is 0 Å². The molecule has 0 aliphatic carbocycles. The van der Waals surface area contributed by atoms with Crippen molar-refractivity contribution in [3.8, 4) is 0 Å². The lowest BCUT2D eigenvalue weighted by Gasteiger charge is -2.04. The van der Waals surface area contributed by atoms with Crippen LogP contribution in [0.15, 0.2) is 0 Å². The zero-order valence-corrected chi connectivity index (χ0v) is 20.7. The summed E-state index contributed by atoms with van der Waals surface area (Å²) in [4.78, 5) is 30.8. The molecule has 0 saturated carbocycles.